The Hall–Kier alpha value is -0.570. The summed E-state index contributed by atoms with van der Waals surface area (Å²) in [6.45, 7) is 8.67. The minimum atomic E-state index is -0.0151. The predicted octanol–water partition coefficient (Wildman–Crippen LogP) is 3.19. The normalized spacial score (nSPS) is 33.5. The smallest absolute Gasteiger partial charge is 0.239 e. The van der Waals surface area contributed by atoms with E-state index in [0.717, 1.165) is 24.9 Å². The molecule has 1 aliphatic carbocycles. The minimum absolute atomic E-state index is 0.0151. The van der Waals surface area contributed by atoms with Gasteiger partial charge in [0.1, 0.15) is 0 Å². The Bertz CT molecular complexity index is 310. The Kier molecular flexibility index (Phi) is 5.88. The molecule has 1 saturated heterocycles. The van der Waals surface area contributed by atoms with E-state index in [1.54, 1.807) is 0 Å². The Morgan fingerprint density at radius 2 is 1.70 bits per heavy atom. The van der Waals surface area contributed by atoms with Gasteiger partial charge in [-0.3, -0.25) is 4.79 Å². The largest absolute Gasteiger partial charge is 0.341 e. The molecule has 4 atom stereocenters. The molecule has 0 bridgehead atoms. The maximum Gasteiger partial charge on any atom is 0.239 e. The van der Waals surface area contributed by atoms with Crippen molar-refractivity contribution in [1.29, 1.82) is 0 Å². The molecule has 4 unspecified atom stereocenters. The molecule has 1 amide bonds. The summed E-state index contributed by atoms with van der Waals surface area (Å²) >= 11 is 0. The molecule has 1 heterocycles. The van der Waals surface area contributed by atoms with E-state index in [1.165, 1.54) is 44.9 Å². The highest BCUT2D eigenvalue weighted by atomic mass is 16.2. The minimum Gasteiger partial charge on any atom is -0.341 e. The number of carbonyl (C=O) groups excluding carboxylic acids is 1. The molecule has 0 aromatic carbocycles. The zero-order valence-corrected chi connectivity index (χ0v) is 13.5. The van der Waals surface area contributed by atoms with Crippen molar-refractivity contribution in [2.24, 2.45) is 11.8 Å². The quantitative estimate of drug-likeness (QED) is 0.861. The topological polar surface area (TPSA) is 32.3 Å². The van der Waals surface area contributed by atoms with Crippen LogP contribution in [0.4, 0.5) is 0 Å². The van der Waals surface area contributed by atoms with Crippen LogP contribution in [-0.4, -0.2) is 36.0 Å². The zero-order valence-electron chi connectivity index (χ0n) is 13.5. The van der Waals surface area contributed by atoms with Crippen molar-refractivity contribution in [3.05, 3.63) is 0 Å². The average Bonchev–Trinajstić information content (AvgIpc) is 2.71. The van der Waals surface area contributed by atoms with Gasteiger partial charge in [-0.2, -0.15) is 0 Å². The summed E-state index contributed by atoms with van der Waals surface area (Å²) in [7, 11) is 0. The molecule has 2 fully saturated rings. The SMILES string of the molecule is CC(NC1CCC(C)C(C)C1)C(=O)N1CCCCCC1. The molecule has 20 heavy (non-hydrogen) atoms. The molecule has 116 valence electrons. The van der Waals surface area contributed by atoms with Crippen LogP contribution >= 0.6 is 0 Å². The van der Waals surface area contributed by atoms with Crippen molar-refractivity contribution in [1.82, 2.24) is 10.2 Å². The van der Waals surface area contributed by atoms with E-state index in [0.29, 0.717) is 11.9 Å². The average molecular weight is 280 g/mol. The molecule has 0 aromatic rings. The molecule has 0 spiro atoms. The van der Waals surface area contributed by atoms with E-state index >= 15 is 0 Å². The van der Waals surface area contributed by atoms with E-state index in [9.17, 15) is 4.79 Å². The van der Waals surface area contributed by atoms with E-state index < -0.39 is 0 Å². The molecular weight excluding hydrogens is 248 g/mol. The van der Waals surface area contributed by atoms with Crippen molar-refractivity contribution in [3.63, 3.8) is 0 Å². The van der Waals surface area contributed by atoms with Gasteiger partial charge in [0.05, 0.1) is 6.04 Å². The molecule has 2 rings (SSSR count). The van der Waals surface area contributed by atoms with Crippen LogP contribution in [0.25, 0.3) is 0 Å². The standard InChI is InChI=1S/C17H32N2O/c1-13-8-9-16(12-14(13)2)18-15(3)17(20)19-10-6-4-5-7-11-19/h13-16,18H,4-12H2,1-3H3. The molecule has 1 aliphatic heterocycles. The molecule has 1 saturated carbocycles. The number of rotatable bonds is 3. The van der Waals surface area contributed by atoms with Crippen LogP contribution in [0.5, 0.6) is 0 Å². The lowest BCUT2D eigenvalue weighted by Crippen LogP contribution is -2.50. The van der Waals surface area contributed by atoms with Crippen LogP contribution in [0.2, 0.25) is 0 Å². The van der Waals surface area contributed by atoms with E-state index in [1.807, 2.05) is 0 Å². The van der Waals surface area contributed by atoms with Crippen LogP contribution in [0.1, 0.15) is 65.7 Å². The zero-order chi connectivity index (χ0) is 14.5. The van der Waals surface area contributed by atoms with Crippen LogP contribution < -0.4 is 5.32 Å². The van der Waals surface area contributed by atoms with Gasteiger partial charge in [0.15, 0.2) is 0 Å². The van der Waals surface area contributed by atoms with Crippen molar-refractivity contribution in [3.8, 4) is 0 Å². The summed E-state index contributed by atoms with van der Waals surface area (Å²) < 4.78 is 0. The van der Waals surface area contributed by atoms with Crippen molar-refractivity contribution in [2.75, 3.05) is 13.1 Å². The van der Waals surface area contributed by atoms with Gasteiger partial charge in [-0.1, -0.05) is 26.7 Å². The van der Waals surface area contributed by atoms with Gasteiger partial charge in [0.25, 0.3) is 0 Å². The molecular formula is C17H32N2O. The van der Waals surface area contributed by atoms with Gasteiger partial charge < -0.3 is 10.2 Å². The number of nitrogens with zero attached hydrogens (tertiary/aromatic N) is 1. The van der Waals surface area contributed by atoms with E-state index in [4.69, 9.17) is 0 Å². The number of hydrogen-bond donors (Lipinski definition) is 1. The molecule has 0 radical (unpaired) electrons. The molecule has 3 nitrogen and oxygen atoms in total. The van der Waals surface area contributed by atoms with Gasteiger partial charge in [-0.05, 0) is 50.9 Å². The molecule has 1 N–H and O–H groups in total. The summed E-state index contributed by atoms with van der Waals surface area (Å²) in [6.07, 6.45) is 8.66. The Morgan fingerprint density at radius 3 is 2.30 bits per heavy atom. The lowest BCUT2D eigenvalue weighted by molar-refractivity contribution is -0.133. The summed E-state index contributed by atoms with van der Waals surface area (Å²) in [5, 5.41) is 3.60. The summed E-state index contributed by atoms with van der Waals surface area (Å²) in [6, 6.07) is 0.519. The number of likely N-dealkylation sites (tertiary alicyclic amines) is 1. The number of amides is 1. The fourth-order valence-electron chi connectivity index (χ4n) is 3.69. The maximum atomic E-state index is 12.5. The van der Waals surface area contributed by atoms with Gasteiger partial charge in [0.2, 0.25) is 5.91 Å². The Morgan fingerprint density at radius 1 is 1.05 bits per heavy atom. The second kappa shape index (κ2) is 7.44. The third-order valence-corrected chi connectivity index (χ3v) is 5.37. The van der Waals surface area contributed by atoms with Crippen LogP contribution in [-0.2, 0) is 4.79 Å². The first-order valence-electron chi connectivity index (χ1n) is 8.62. The van der Waals surface area contributed by atoms with Gasteiger partial charge in [-0.25, -0.2) is 0 Å². The first-order valence-corrected chi connectivity index (χ1v) is 8.62. The van der Waals surface area contributed by atoms with Crippen molar-refractivity contribution in [2.45, 2.75) is 77.8 Å². The van der Waals surface area contributed by atoms with Gasteiger partial charge >= 0.3 is 0 Å². The van der Waals surface area contributed by atoms with Gasteiger partial charge in [-0.15, -0.1) is 0 Å². The number of hydrogen-bond acceptors (Lipinski definition) is 2. The van der Waals surface area contributed by atoms with Crippen LogP contribution in [0.15, 0.2) is 0 Å². The summed E-state index contributed by atoms with van der Waals surface area (Å²) in [5.41, 5.74) is 0. The monoisotopic (exact) mass is 280 g/mol. The first-order chi connectivity index (χ1) is 9.58. The van der Waals surface area contributed by atoms with Crippen molar-refractivity contribution >= 4 is 5.91 Å². The third kappa shape index (κ3) is 4.21. The van der Waals surface area contributed by atoms with E-state index in [-0.39, 0.29) is 6.04 Å². The van der Waals surface area contributed by atoms with Crippen molar-refractivity contribution < 1.29 is 4.79 Å². The fraction of sp³-hybridized carbons (Fsp3) is 0.941. The first kappa shape index (κ1) is 15.8. The second-order valence-electron chi connectivity index (χ2n) is 7.09. The number of carbonyl (C=O) groups is 1. The van der Waals surface area contributed by atoms with Crippen LogP contribution in [0.3, 0.4) is 0 Å². The highest BCUT2D eigenvalue weighted by molar-refractivity contribution is 5.81. The lowest BCUT2D eigenvalue weighted by atomic mass is 9.79. The lowest BCUT2D eigenvalue weighted by Gasteiger charge is -2.35. The predicted molar refractivity (Wildman–Crippen MR) is 83.6 cm³/mol. The van der Waals surface area contributed by atoms with Gasteiger partial charge in [0, 0.05) is 19.1 Å². The Labute approximate surface area is 124 Å². The highest BCUT2D eigenvalue weighted by Gasteiger charge is 2.28. The third-order valence-electron chi connectivity index (χ3n) is 5.37. The number of nitrogens with one attached hydrogen (secondary N) is 1. The molecule has 3 heteroatoms. The molecule has 0 aromatic heterocycles. The summed E-state index contributed by atoms with van der Waals surface area (Å²) in [5.74, 6) is 1.93. The Balaban J connectivity index is 1.81. The second-order valence-corrected chi connectivity index (χ2v) is 7.09. The van der Waals surface area contributed by atoms with E-state index in [2.05, 4.69) is 31.0 Å². The van der Waals surface area contributed by atoms with Crippen LogP contribution in [0, 0.1) is 11.8 Å². The fourth-order valence-corrected chi connectivity index (χ4v) is 3.69. The summed E-state index contributed by atoms with van der Waals surface area (Å²) in [4.78, 5) is 14.6. The maximum absolute atomic E-state index is 12.5. The molecule has 2 aliphatic rings. The highest BCUT2D eigenvalue weighted by Crippen LogP contribution is 2.29.